The smallest absolute Gasteiger partial charge is 0.335 e. The van der Waals surface area contributed by atoms with E-state index in [4.69, 9.17) is 14.6 Å². The van der Waals surface area contributed by atoms with Gasteiger partial charge in [0, 0.05) is 26.2 Å². The maximum atomic E-state index is 12.1. The van der Waals surface area contributed by atoms with Crippen LogP contribution in [0.5, 0.6) is 0 Å². The number of hydrogen-bond donors (Lipinski definition) is 2. The average molecular weight is 397 g/mol. The third kappa shape index (κ3) is 7.00. The van der Waals surface area contributed by atoms with E-state index in [0.29, 0.717) is 26.0 Å². The van der Waals surface area contributed by atoms with Crippen molar-refractivity contribution in [2.45, 2.75) is 44.9 Å². The van der Waals surface area contributed by atoms with Crippen LogP contribution >= 0.6 is 0 Å². The number of carbonyl (C=O) groups excluding carboxylic acids is 1. The van der Waals surface area contributed by atoms with Gasteiger partial charge in [-0.25, -0.2) is 4.79 Å². The Morgan fingerprint density at radius 3 is 2.24 bits per heavy atom. The molecule has 0 radical (unpaired) electrons. The number of aryl methyl sites for hydroxylation is 1. The maximum Gasteiger partial charge on any atom is 0.335 e. The van der Waals surface area contributed by atoms with Gasteiger partial charge in [0.15, 0.2) is 0 Å². The van der Waals surface area contributed by atoms with Crippen molar-refractivity contribution in [3.05, 3.63) is 70.8 Å². The summed E-state index contributed by atoms with van der Waals surface area (Å²) in [5, 5.41) is 11.8. The molecule has 2 aromatic carbocycles. The first-order valence-corrected chi connectivity index (χ1v) is 9.96. The van der Waals surface area contributed by atoms with E-state index < -0.39 is 5.97 Å². The second-order valence-electron chi connectivity index (χ2n) is 7.22. The van der Waals surface area contributed by atoms with Crippen molar-refractivity contribution in [3.63, 3.8) is 0 Å². The Morgan fingerprint density at radius 1 is 0.966 bits per heavy atom. The minimum atomic E-state index is -0.949. The largest absolute Gasteiger partial charge is 0.478 e. The molecule has 6 heteroatoms. The zero-order valence-corrected chi connectivity index (χ0v) is 16.4. The van der Waals surface area contributed by atoms with Crippen LogP contribution in [0.25, 0.3) is 0 Å². The van der Waals surface area contributed by atoms with Crippen molar-refractivity contribution in [2.24, 2.45) is 0 Å². The monoisotopic (exact) mass is 397 g/mol. The predicted octanol–water partition coefficient (Wildman–Crippen LogP) is 3.33. The van der Waals surface area contributed by atoms with Crippen LogP contribution < -0.4 is 5.32 Å². The van der Waals surface area contributed by atoms with Gasteiger partial charge in [-0.1, -0.05) is 36.4 Å². The molecule has 1 aliphatic rings. The molecule has 1 heterocycles. The number of nitrogens with one attached hydrogen (secondary N) is 1. The molecule has 29 heavy (non-hydrogen) atoms. The van der Waals surface area contributed by atoms with Crippen LogP contribution in [0.15, 0.2) is 48.5 Å². The van der Waals surface area contributed by atoms with E-state index in [9.17, 15) is 9.59 Å². The fraction of sp³-hybridized carbons (Fsp3) is 0.391. The second-order valence-corrected chi connectivity index (χ2v) is 7.22. The van der Waals surface area contributed by atoms with E-state index in [1.165, 1.54) is 0 Å². The molecule has 1 saturated heterocycles. The number of carboxylic acid groups (broad SMARTS) is 1. The molecule has 3 rings (SSSR count). The van der Waals surface area contributed by atoms with E-state index in [0.717, 1.165) is 42.7 Å². The molecule has 1 fully saturated rings. The van der Waals surface area contributed by atoms with Gasteiger partial charge in [0.05, 0.1) is 18.3 Å². The molecule has 1 amide bonds. The minimum Gasteiger partial charge on any atom is -0.478 e. The molecule has 0 aliphatic carbocycles. The van der Waals surface area contributed by atoms with Gasteiger partial charge in [-0.2, -0.15) is 0 Å². The van der Waals surface area contributed by atoms with Gasteiger partial charge in [-0.05, 0) is 48.1 Å². The Kier molecular flexibility index (Phi) is 7.78. The molecule has 0 aromatic heterocycles. The highest BCUT2D eigenvalue weighted by Crippen LogP contribution is 2.14. The molecular formula is C23H27NO5. The maximum absolute atomic E-state index is 12.1. The van der Waals surface area contributed by atoms with Crippen LogP contribution in [0.2, 0.25) is 0 Å². The number of amides is 1. The van der Waals surface area contributed by atoms with E-state index in [2.05, 4.69) is 5.32 Å². The standard InChI is InChI=1S/C23H27NO5/c25-22(10-7-17-5-8-20(9-6-17)23(26)27)24-15-18-1-3-19(4-2-18)16-29-21-11-13-28-14-12-21/h1-6,8-9,21H,7,10-16H2,(H,24,25)(H,26,27). The van der Waals surface area contributed by atoms with Crippen molar-refractivity contribution in [1.82, 2.24) is 5.32 Å². The molecule has 0 atom stereocenters. The molecular weight excluding hydrogens is 370 g/mol. The van der Waals surface area contributed by atoms with Crippen LogP contribution in [0.3, 0.4) is 0 Å². The van der Waals surface area contributed by atoms with E-state index >= 15 is 0 Å². The van der Waals surface area contributed by atoms with Gasteiger partial charge in [-0.15, -0.1) is 0 Å². The lowest BCUT2D eigenvalue weighted by molar-refractivity contribution is -0.121. The first-order chi connectivity index (χ1) is 14.1. The minimum absolute atomic E-state index is 0.0285. The van der Waals surface area contributed by atoms with Crippen molar-refractivity contribution in [2.75, 3.05) is 13.2 Å². The zero-order valence-electron chi connectivity index (χ0n) is 16.4. The Labute approximate surface area is 170 Å². The molecule has 6 nitrogen and oxygen atoms in total. The highest BCUT2D eigenvalue weighted by Gasteiger charge is 2.14. The van der Waals surface area contributed by atoms with Gasteiger partial charge >= 0.3 is 5.97 Å². The first-order valence-electron chi connectivity index (χ1n) is 9.96. The Hall–Kier alpha value is -2.70. The molecule has 0 saturated carbocycles. The summed E-state index contributed by atoms with van der Waals surface area (Å²) in [5.74, 6) is -0.977. The molecule has 2 N–H and O–H groups in total. The number of hydrogen-bond acceptors (Lipinski definition) is 4. The predicted molar refractivity (Wildman–Crippen MR) is 109 cm³/mol. The Bertz CT molecular complexity index is 795. The summed E-state index contributed by atoms with van der Waals surface area (Å²) in [6.07, 6.45) is 3.13. The fourth-order valence-corrected chi connectivity index (χ4v) is 3.17. The summed E-state index contributed by atoms with van der Waals surface area (Å²) < 4.78 is 11.3. The lowest BCUT2D eigenvalue weighted by Gasteiger charge is -2.22. The fourth-order valence-electron chi connectivity index (χ4n) is 3.17. The quantitative estimate of drug-likeness (QED) is 0.678. The Balaban J connectivity index is 1.36. The summed E-state index contributed by atoms with van der Waals surface area (Å²) in [4.78, 5) is 22.9. The average Bonchev–Trinajstić information content (AvgIpc) is 2.76. The van der Waals surface area contributed by atoms with Crippen molar-refractivity contribution in [3.8, 4) is 0 Å². The van der Waals surface area contributed by atoms with E-state index in [1.54, 1.807) is 24.3 Å². The molecule has 0 spiro atoms. The van der Waals surface area contributed by atoms with Crippen LogP contribution in [0.4, 0.5) is 0 Å². The lowest BCUT2D eigenvalue weighted by Crippen LogP contribution is -2.23. The summed E-state index contributed by atoms with van der Waals surface area (Å²) in [6, 6.07) is 14.7. The van der Waals surface area contributed by atoms with Gasteiger partial charge in [0.1, 0.15) is 0 Å². The van der Waals surface area contributed by atoms with Crippen LogP contribution in [-0.4, -0.2) is 36.3 Å². The lowest BCUT2D eigenvalue weighted by atomic mass is 10.1. The number of carboxylic acids is 1. The molecule has 0 unspecified atom stereocenters. The SMILES string of the molecule is O=C(CCc1ccc(C(=O)O)cc1)NCc1ccc(COC2CCOCC2)cc1. The van der Waals surface area contributed by atoms with Crippen molar-refractivity contribution < 1.29 is 24.2 Å². The summed E-state index contributed by atoms with van der Waals surface area (Å²) in [6.45, 7) is 2.63. The molecule has 2 aromatic rings. The highest BCUT2D eigenvalue weighted by atomic mass is 16.5. The first kappa shape index (κ1) is 21.0. The van der Waals surface area contributed by atoms with Gasteiger partial charge in [0.25, 0.3) is 0 Å². The normalized spacial score (nSPS) is 14.5. The van der Waals surface area contributed by atoms with E-state index in [-0.39, 0.29) is 17.6 Å². The van der Waals surface area contributed by atoms with E-state index in [1.807, 2.05) is 24.3 Å². The Morgan fingerprint density at radius 2 is 1.59 bits per heavy atom. The van der Waals surface area contributed by atoms with Gasteiger partial charge in [0.2, 0.25) is 5.91 Å². The van der Waals surface area contributed by atoms with Crippen LogP contribution in [-0.2, 0) is 33.8 Å². The molecule has 0 bridgehead atoms. The van der Waals surface area contributed by atoms with Crippen LogP contribution in [0, 0.1) is 0 Å². The summed E-state index contributed by atoms with van der Waals surface area (Å²) in [5.41, 5.74) is 3.36. The van der Waals surface area contributed by atoms with Gasteiger partial charge in [-0.3, -0.25) is 4.79 Å². The number of rotatable bonds is 9. The number of carbonyl (C=O) groups is 2. The number of ether oxygens (including phenoxy) is 2. The molecule has 1 aliphatic heterocycles. The summed E-state index contributed by atoms with van der Waals surface area (Å²) >= 11 is 0. The number of benzene rings is 2. The number of aromatic carboxylic acids is 1. The highest BCUT2D eigenvalue weighted by molar-refractivity contribution is 5.87. The van der Waals surface area contributed by atoms with Crippen LogP contribution in [0.1, 0.15) is 46.3 Å². The van der Waals surface area contributed by atoms with Gasteiger partial charge < -0.3 is 19.9 Å². The topological polar surface area (TPSA) is 84.9 Å². The second kappa shape index (κ2) is 10.7. The van der Waals surface area contributed by atoms with Crippen molar-refractivity contribution in [1.29, 1.82) is 0 Å². The third-order valence-electron chi connectivity index (χ3n) is 5.01. The zero-order chi connectivity index (χ0) is 20.5. The summed E-state index contributed by atoms with van der Waals surface area (Å²) in [7, 11) is 0. The van der Waals surface area contributed by atoms with Crippen molar-refractivity contribution >= 4 is 11.9 Å². The third-order valence-corrected chi connectivity index (χ3v) is 5.01. The molecule has 154 valence electrons.